The summed E-state index contributed by atoms with van der Waals surface area (Å²) < 4.78 is 1.23. The molecule has 3 heteroatoms. The summed E-state index contributed by atoms with van der Waals surface area (Å²) in [7, 11) is 0. The lowest BCUT2D eigenvalue weighted by Gasteiger charge is -2.26. The standard InChI is InChI=1S/C16H22BrNO/c17-13-6-4-5-12-11(13)9-10-14(12)18-15-7-2-1-3-8-16(15)19/h4-6,14-16,18-19H,1-3,7-10H2. The summed E-state index contributed by atoms with van der Waals surface area (Å²) >= 11 is 3.65. The van der Waals surface area contributed by atoms with Crippen molar-refractivity contribution >= 4 is 15.9 Å². The van der Waals surface area contributed by atoms with Crippen molar-refractivity contribution in [2.75, 3.05) is 0 Å². The van der Waals surface area contributed by atoms with Crippen molar-refractivity contribution in [2.45, 2.75) is 63.1 Å². The Hall–Kier alpha value is -0.380. The first-order valence-corrected chi connectivity index (χ1v) is 8.26. The number of halogens is 1. The Morgan fingerprint density at radius 3 is 2.84 bits per heavy atom. The van der Waals surface area contributed by atoms with Crippen LogP contribution in [0.1, 0.15) is 55.7 Å². The van der Waals surface area contributed by atoms with Crippen molar-refractivity contribution in [3.05, 3.63) is 33.8 Å². The zero-order valence-corrected chi connectivity index (χ0v) is 12.8. The van der Waals surface area contributed by atoms with Gasteiger partial charge in [-0.25, -0.2) is 0 Å². The minimum absolute atomic E-state index is 0.168. The molecule has 0 aliphatic heterocycles. The highest BCUT2D eigenvalue weighted by molar-refractivity contribution is 9.10. The van der Waals surface area contributed by atoms with Gasteiger partial charge in [-0.1, -0.05) is 47.3 Å². The van der Waals surface area contributed by atoms with Gasteiger partial charge in [0.05, 0.1) is 6.10 Å². The number of benzene rings is 1. The maximum Gasteiger partial charge on any atom is 0.0693 e. The summed E-state index contributed by atoms with van der Waals surface area (Å²) in [4.78, 5) is 0. The van der Waals surface area contributed by atoms with Crippen LogP contribution in [0.5, 0.6) is 0 Å². The summed E-state index contributed by atoms with van der Waals surface area (Å²) in [5.74, 6) is 0. The molecule has 2 aliphatic carbocycles. The van der Waals surface area contributed by atoms with Crippen LogP contribution in [0.3, 0.4) is 0 Å². The molecule has 1 aromatic rings. The van der Waals surface area contributed by atoms with Crippen molar-refractivity contribution in [1.82, 2.24) is 5.32 Å². The highest BCUT2D eigenvalue weighted by Gasteiger charge is 2.29. The van der Waals surface area contributed by atoms with E-state index >= 15 is 0 Å². The van der Waals surface area contributed by atoms with Crippen LogP contribution < -0.4 is 5.32 Å². The lowest BCUT2D eigenvalue weighted by molar-refractivity contribution is 0.113. The van der Waals surface area contributed by atoms with Gasteiger partial charge in [0.1, 0.15) is 0 Å². The van der Waals surface area contributed by atoms with Crippen LogP contribution in [-0.4, -0.2) is 17.3 Å². The van der Waals surface area contributed by atoms with Crippen molar-refractivity contribution in [1.29, 1.82) is 0 Å². The topological polar surface area (TPSA) is 32.3 Å². The van der Waals surface area contributed by atoms with Gasteiger partial charge in [0.15, 0.2) is 0 Å². The number of hydrogen-bond donors (Lipinski definition) is 2. The Kier molecular flexibility index (Phi) is 4.25. The molecule has 0 spiro atoms. The molecule has 0 amide bonds. The third kappa shape index (κ3) is 2.88. The average Bonchev–Trinajstić information content (AvgIpc) is 2.70. The quantitative estimate of drug-likeness (QED) is 0.813. The summed E-state index contributed by atoms with van der Waals surface area (Å²) in [5.41, 5.74) is 2.87. The number of fused-ring (bicyclic) bond motifs is 1. The molecule has 1 saturated carbocycles. The van der Waals surface area contributed by atoms with E-state index in [4.69, 9.17) is 0 Å². The van der Waals surface area contributed by atoms with E-state index in [-0.39, 0.29) is 12.1 Å². The monoisotopic (exact) mass is 323 g/mol. The fraction of sp³-hybridized carbons (Fsp3) is 0.625. The molecule has 1 fully saturated rings. The largest absolute Gasteiger partial charge is 0.392 e. The summed E-state index contributed by atoms with van der Waals surface area (Å²) in [6.45, 7) is 0. The van der Waals surface area contributed by atoms with E-state index in [0.29, 0.717) is 6.04 Å². The smallest absolute Gasteiger partial charge is 0.0693 e. The van der Waals surface area contributed by atoms with Crippen molar-refractivity contribution in [2.24, 2.45) is 0 Å². The van der Waals surface area contributed by atoms with E-state index in [2.05, 4.69) is 39.4 Å². The normalized spacial score (nSPS) is 30.9. The SMILES string of the molecule is OC1CCCCCC1NC1CCc2c(Br)cccc21. The first kappa shape index (κ1) is 13.6. The van der Waals surface area contributed by atoms with Gasteiger partial charge in [-0.15, -0.1) is 0 Å². The van der Waals surface area contributed by atoms with Gasteiger partial charge in [-0.05, 0) is 42.9 Å². The van der Waals surface area contributed by atoms with Crippen LogP contribution in [0, 0.1) is 0 Å². The number of rotatable bonds is 2. The third-order valence-electron chi connectivity index (χ3n) is 4.61. The molecule has 1 aromatic carbocycles. The van der Waals surface area contributed by atoms with E-state index in [0.717, 1.165) is 25.7 Å². The molecule has 2 N–H and O–H groups in total. The number of aliphatic hydroxyl groups is 1. The molecule has 19 heavy (non-hydrogen) atoms. The van der Waals surface area contributed by atoms with E-state index < -0.39 is 0 Å². The van der Waals surface area contributed by atoms with Gasteiger partial charge in [-0.2, -0.15) is 0 Å². The molecule has 3 atom stereocenters. The number of nitrogens with one attached hydrogen (secondary N) is 1. The van der Waals surface area contributed by atoms with Crippen LogP contribution in [0.2, 0.25) is 0 Å². The van der Waals surface area contributed by atoms with Crippen molar-refractivity contribution < 1.29 is 5.11 Å². The highest BCUT2D eigenvalue weighted by atomic mass is 79.9. The van der Waals surface area contributed by atoms with Crippen LogP contribution in [0.4, 0.5) is 0 Å². The predicted molar refractivity (Wildman–Crippen MR) is 81.2 cm³/mol. The molecule has 0 radical (unpaired) electrons. The Morgan fingerprint density at radius 1 is 1.11 bits per heavy atom. The molecule has 104 valence electrons. The summed E-state index contributed by atoms with van der Waals surface area (Å²) in [6.07, 6.45) is 7.87. The molecule has 0 heterocycles. The lowest BCUT2D eigenvalue weighted by atomic mass is 10.0. The molecule has 2 nitrogen and oxygen atoms in total. The molecule has 0 saturated heterocycles. The zero-order valence-electron chi connectivity index (χ0n) is 11.2. The fourth-order valence-electron chi connectivity index (χ4n) is 3.52. The Balaban J connectivity index is 1.73. The average molecular weight is 324 g/mol. The van der Waals surface area contributed by atoms with Crippen LogP contribution in [0.15, 0.2) is 22.7 Å². The minimum Gasteiger partial charge on any atom is -0.392 e. The minimum atomic E-state index is -0.168. The third-order valence-corrected chi connectivity index (χ3v) is 5.35. The van der Waals surface area contributed by atoms with Gasteiger partial charge >= 0.3 is 0 Å². The molecule has 0 bridgehead atoms. The highest BCUT2D eigenvalue weighted by Crippen LogP contribution is 2.36. The fourth-order valence-corrected chi connectivity index (χ4v) is 4.10. The predicted octanol–water partition coefficient (Wildman–Crippen LogP) is 3.72. The first-order valence-electron chi connectivity index (χ1n) is 7.47. The Bertz CT molecular complexity index is 448. The zero-order chi connectivity index (χ0) is 13.2. The van der Waals surface area contributed by atoms with Gasteiger partial charge in [0.25, 0.3) is 0 Å². The Labute approximate surface area is 123 Å². The maximum absolute atomic E-state index is 10.2. The van der Waals surface area contributed by atoms with Gasteiger partial charge in [0, 0.05) is 16.6 Å². The van der Waals surface area contributed by atoms with Gasteiger partial charge in [-0.3, -0.25) is 0 Å². The lowest BCUT2D eigenvalue weighted by Crippen LogP contribution is -2.40. The molecular formula is C16H22BrNO. The molecule has 2 aliphatic rings. The molecular weight excluding hydrogens is 302 g/mol. The van der Waals surface area contributed by atoms with Gasteiger partial charge in [0.2, 0.25) is 0 Å². The van der Waals surface area contributed by atoms with E-state index in [9.17, 15) is 5.11 Å². The maximum atomic E-state index is 10.2. The summed E-state index contributed by atoms with van der Waals surface area (Å²) in [5, 5.41) is 14.0. The van der Waals surface area contributed by atoms with E-state index in [1.165, 1.54) is 34.9 Å². The second-order valence-electron chi connectivity index (χ2n) is 5.88. The van der Waals surface area contributed by atoms with Crippen LogP contribution >= 0.6 is 15.9 Å². The first-order chi connectivity index (χ1) is 9.25. The van der Waals surface area contributed by atoms with Gasteiger partial charge < -0.3 is 10.4 Å². The van der Waals surface area contributed by atoms with Crippen LogP contribution in [-0.2, 0) is 6.42 Å². The number of aliphatic hydroxyl groups excluding tert-OH is 1. The Morgan fingerprint density at radius 2 is 1.95 bits per heavy atom. The van der Waals surface area contributed by atoms with E-state index in [1.807, 2.05) is 0 Å². The van der Waals surface area contributed by atoms with Crippen molar-refractivity contribution in [3.8, 4) is 0 Å². The molecule has 0 aromatic heterocycles. The summed E-state index contributed by atoms with van der Waals surface area (Å²) in [6, 6.07) is 7.17. The molecule has 3 rings (SSSR count). The molecule has 3 unspecified atom stereocenters. The van der Waals surface area contributed by atoms with Crippen molar-refractivity contribution in [3.63, 3.8) is 0 Å². The van der Waals surface area contributed by atoms with Crippen LogP contribution in [0.25, 0.3) is 0 Å². The number of hydrogen-bond acceptors (Lipinski definition) is 2. The second-order valence-corrected chi connectivity index (χ2v) is 6.73. The van der Waals surface area contributed by atoms with E-state index in [1.54, 1.807) is 0 Å². The second kappa shape index (κ2) is 5.94.